The summed E-state index contributed by atoms with van der Waals surface area (Å²) in [6.45, 7) is 0. The SMILES string of the molecule is Fc1ccc(C2=NN3C(C2)c2cc(Br)ccc2OC3c2ccc(F)cc2)cc1. The predicted molar refractivity (Wildman–Crippen MR) is 106 cm³/mol. The Labute approximate surface area is 169 Å². The maximum Gasteiger partial charge on any atom is 0.213 e. The number of halogens is 3. The Bertz CT molecular complexity index is 1070. The van der Waals surface area contributed by atoms with Gasteiger partial charge in [-0.15, -0.1) is 0 Å². The lowest BCUT2D eigenvalue weighted by molar-refractivity contribution is -0.0191. The second-order valence-electron chi connectivity index (χ2n) is 6.86. The Morgan fingerprint density at radius 3 is 2.32 bits per heavy atom. The van der Waals surface area contributed by atoms with Gasteiger partial charge in [-0.3, -0.25) is 0 Å². The van der Waals surface area contributed by atoms with E-state index in [1.54, 1.807) is 24.3 Å². The predicted octanol–water partition coefficient (Wildman–Crippen LogP) is 5.97. The number of ether oxygens (including phenoxy) is 1. The van der Waals surface area contributed by atoms with Crippen molar-refractivity contribution in [2.75, 3.05) is 0 Å². The monoisotopic (exact) mass is 440 g/mol. The number of nitrogens with zero attached hydrogens (tertiary/aromatic N) is 2. The molecule has 6 heteroatoms. The van der Waals surface area contributed by atoms with Crippen molar-refractivity contribution in [1.82, 2.24) is 5.01 Å². The highest BCUT2D eigenvalue weighted by Gasteiger charge is 2.41. The molecule has 5 rings (SSSR count). The maximum absolute atomic E-state index is 13.4. The number of hydrazone groups is 1. The van der Waals surface area contributed by atoms with E-state index in [1.807, 2.05) is 23.2 Å². The van der Waals surface area contributed by atoms with Gasteiger partial charge >= 0.3 is 0 Å². The van der Waals surface area contributed by atoms with Crippen LogP contribution in [0.2, 0.25) is 0 Å². The molecule has 0 bridgehead atoms. The number of rotatable bonds is 2. The van der Waals surface area contributed by atoms with E-state index >= 15 is 0 Å². The van der Waals surface area contributed by atoms with Crippen molar-refractivity contribution in [3.8, 4) is 5.75 Å². The van der Waals surface area contributed by atoms with Crippen LogP contribution >= 0.6 is 15.9 Å². The summed E-state index contributed by atoms with van der Waals surface area (Å²) in [4.78, 5) is 0. The van der Waals surface area contributed by atoms with E-state index in [1.165, 1.54) is 24.3 Å². The molecule has 3 nitrogen and oxygen atoms in total. The fourth-order valence-corrected chi connectivity index (χ4v) is 4.10. The topological polar surface area (TPSA) is 24.8 Å². The molecule has 0 amide bonds. The number of fused-ring (bicyclic) bond motifs is 3. The third-order valence-electron chi connectivity index (χ3n) is 5.08. The summed E-state index contributed by atoms with van der Waals surface area (Å²) in [5, 5.41) is 6.73. The van der Waals surface area contributed by atoms with Crippen molar-refractivity contribution in [3.05, 3.63) is 99.5 Å². The summed E-state index contributed by atoms with van der Waals surface area (Å²) < 4.78 is 33.9. The van der Waals surface area contributed by atoms with Crippen LogP contribution in [0.4, 0.5) is 8.78 Å². The van der Waals surface area contributed by atoms with E-state index in [9.17, 15) is 8.78 Å². The summed E-state index contributed by atoms with van der Waals surface area (Å²) in [6, 6.07) is 18.5. The lowest BCUT2D eigenvalue weighted by atomic mass is 9.96. The lowest BCUT2D eigenvalue weighted by Gasteiger charge is -2.38. The molecule has 0 aromatic heterocycles. The van der Waals surface area contributed by atoms with Crippen molar-refractivity contribution >= 4 is 21.6 Å². The van der Waals surface area contributed by atoms with Gasteiger partial charge in [-0.2, -0.15) is 5.10 Å². The summed E-state index contributed by atoms with van der Waals surface area (Å²) in [6.07, 6.45) is 0.216. The highest BCUT2D eigenvalue weighted by Crippen LogP contribution is 2.48. The molecule has 3 aromatic carbocycles. The molecule has 0 saturated heterocycles. The quantitative estimate of drug-likeness (QED) is 0.490. The Hall–Kier alpha value is -2.73. The minimum absolute atomic E-state index is 0.0173. The molecule has 2 atom stereocenters. The first-order valence-corrected chi connectivity index (χ1v) is 9.71. The molecule has 3 aromatic rings. The van der Waals surface area contributed by atoms with Crippen LogP contribution < -0.4 is 4.74 Å². The van der Waals surface area contributed by atoms with E-state index in [0.717, 1.165) is 32.6 Å². The Morgan fingerprint density at radius 2 is 1.61 bits per heavy atom. The van der Waals surface area contributed by atoms with E-state index < -0.39 is 6.23 Å². The molecule has 2 heterocycles. The van der Waals surface area contributed by atoms with Gasteiger partial charge in [0.2, 0.25) is 6.23 Å². The zero-order chi connectivity index (χ0) is 19.3. The summed E-state index contributed by atoms with van der Waals surface area (Å²) in [5.74, 6) is 0.216. The van der Waals surface area contributed by atoms with Gasteiger partial charge in [0.15, 0.2) is 0 Å². The van der Waals surface area contributed by atoms with Gasteiger partial charge in [0, 0.05) is 22.0 Å². The molecule has 0 fully saturated rings. The molecule has 140 valence electrons. The minimum atomic E-state index is -0.461. The minimum Gasteiger partial charge on any atom is -0.464 e. The fourth-order valence-electron chi connectivity index (χ4n) is 3.72. The van der Waals surface area contributed by atoms with E-state index in [-0.39, 0.29) is 17.7 Å². The van der Waals surface area contributed by atoms with Gasteiger partial charge in [0.1, 0.15) is 17.4 Å². The second kappa shape index (κ2) is 6.71. The van der Waals surface area contributed by atoms with Crippen LogP contribution in [-0.2, 0) is 0 Å². The Kier molecular flexibility index (Phi) is 4.16. The molecule has 28 heavy (non-hydrogen) atoms. The van der Waals surface area contributed by atoms with Crippen LogP contribution in [0.5, 0.6) is 5.75 Å². The zero-order valence-corrected chi connectivity index (χ0v) is 16.2. The highest BCUT2D eigenvalue weighted by molar-refractivity contribution is 9.10. The smallest absolute Gasteiger partial charge is 0.213 e. The first-order chi connectivity index (χ1) is 13.6. The number of hydrogen-bond acceptors (Lipinski definition) is 3. The van der Waals surface area contributed by atoms with Crippen LogP contribution in [0.1, 0.15) is 35.4 Å². The molecule has 0 radical (unpaired) electrons. The van der Waals surface area contributed by atoms with Gasteiger partial charge in [-0.1, -0.05) is 40.2 Å². The molecular weight excluding hydrogens is 426 g/mol. The lowest BCUT2D eigenvalue weighted by Crippen LogP contribution is -2.33. The van der Waals surface area contributed by atoms with Gasteiger partial charge in [0.05, 0.1) is 11.8 Å². The highest BCUT2D eigenvalue weighted by atomic mass is 79.9. The second-order valence-corrected chi connectivity index (χ2v) is 7.77. The fraction of sp³-hybridized carbons (Fsp3) is 0.136. The van der Waals surface area contributed by atoms with Gasteiger partial charge in [-0.25, -0.2) is 13.8 Å². The van der Waals surface area contributed by atoms with Crippen molar-refractivity contribution in [2.45, 2.75) is 18.7 Å². The van der Waals surface area contributed by atoms with Crippen LogP contribution in [0.15, 0.2) is 76.3 Å². The summed E-state index contributed by atoms with van der Waals surface area (Å²) >= 11 is 3.53. The molecule has 2 aliphatic rings. The first kappa shape index (κ1) is 17.4. The van der Waals surface area contributed by atoms with E-state index in [0.29, 0.717) is 6.42 Å². The van der Waals surface area contributed by atoms with Gasteiger partial charge in [-0.05, 0) is 48.0 Å². The molecule has 0 spiro atoms. The normalized spacial score (nSPS) is 20.2. The number of benzene rings is 3. The molecule has 2 unspecified atom stereocenters. The molecule has 0 saturated carbocycles. The molecule has 0 N–H and O–H groups in total. The van der Waals surface area contributed by atoms with Crippen LogP contribution in [0.25, 0.3) is 0 Å². The van der Waals surface area contributed by atoms with Crippen LogP contribution in [0.3, 0.4) is 0 Å². The van der Waals surface area contributed by atoms with Crippen molar-refractivity contribution < 1.29 is 13.5 Å². The average Bonchev–Trinajstić information content (AvgIpc) is 3.14. The Morgan fingerprint density at radius 1 is 0.929 bits per heavy atom. The van der Waals surface area contributed by atoms with Gasteiger partial charge < -0.3 is 4.74 Å². The Balaban J connectivity index is 1.59. The van der Waals surface area contributed by atoms with Crippen molar-refractivity contribution in [1.29, 1.82) is 0 Å². The third kappa shape index (κ3) is 2.98. The molecule has 2 aliphatic heterocycles. The third-order valence-corrected chi connectivity index (χ3v) is 5.58. The van der Waals surface area contributed by atoms with Crippen molar-refractivity contribution in [3.63, 3.8) is 0 Å². The van der Waals surface area contributed by atoms with Crippen molar-refractivity contribution in [2.24, 2.45) is 5.10 Å². The average molecular weight is 441 g/mol. The maximum atomic E-state index is 13.4. The van der Waals surface area contributed by atoms with Crippen LogP contribution in [-0.4, -0.2) is 10.7 Å². The molecular formula is C22H15BrF2N2O. The summed E-state index contributed by atoms with van der Waals surface area (Å²) in [5.41, 5.74) is 3.61. The van der Waals surface area contributed by atoms with E-state index in [4.69, 9.17) is 9.84 Å². The zero-order valence-electron chi connectivity index (χ0n) is 14.6. The number of hydrogen-bond donors (Lipinski definition) is 0. The standard InChI is InChI=1S/C22H15BrF2N2O/c23-15-5-10-21-18(11-15)20-12-19(13-1-6-16(24)7-2-13)26-27(20)22(28-21)14-3-8-17(25)9-4-14/h1-11,20,22H,12H2. The summed E-state index contributed by atoms with van der Waals surface area (Å²) in [7, 11) is 0. The van der Waals surface area contributed by atoms with Crippen LogP contribution in [0, 0.1) is 11.6 Å². The molecule has 0 aliphatic carbocycles. The van der Waals surface area contributed by atoms with E-state index in [2.05, 4.69) is 15.9 Å². The first-order valence-electron chi connectivity index (χ1n) is 8.92. The van der Waals surface area contributed by atoms with Gasteiger partial charge in [0.25, 0.3) is 0 Å². The largest absolute Gasteiger partial charge is 0.464 e.